The third kappa shape index (κ3) is 4.31. The molecule has 1 unspecified atom stereocenters. The molecule has 0 spiro atoms. The third-order valence-corrected chi connectivity index (χ3v) is 7.72. The summed E-state index contributed by atoms with van der Waals surface area (Å²) in [5, 5.41) is 8.16. The molecule has 1 atom stereocenters. The van der Waals surface area contributed by atoms with E-state index in [1.54, 1.807) is 18.5 Å². The van der Waals surface area contributed by atoms with E-state index in [-0.39, 0.29) is 29.2 Å². The molecule has 6 rings (SSSR count). The molecule has 2 saturated heterocycles. The minimum Gasteiger partial charge on any atom is -0.379 e. The zero-order valence-electron chi connectivity index (χ0n) is 20.4. The Morgan fingerprint density at radius 2 is 2.03 bits per heavy atom. The summed E-state index contributed by atoms with van der Waals surface area (Å²) in [6.07, 6.45) is -0.352. The summed E-state index contributed by atoms with van der Waals surface area (Å²) in [5.41, 5.74) is 1.08. The number of benzene rings is 2. The van der Waals surface area contributed by atoms with Crippen LogP contribution in [0.5, 0.6) is 0 Å². The lowest BCUT2D eigenvalue weighted by Crippen LogP contribution is -2.49. The molecule has 2 fully saturated rings. The van der Waals surface area contributed by atoms with Crippen LogP contribution in [0, 0.1) is 0 Å². The number of amides is 1. The Morgan fingerprint density at radius 1 is 1.19 bits per heavy atom. The first-order chi connectivity index (χ1) is 17.7. The SMILES string of the molecule is Cn1cnnc1CC1(c2cccc(N3Cc4c(cc(CC5CCCO5)cc4C(F)(F)F)C3=O)c2)COC1. The Labute approximate surface area is 212 Å². The van der Waals surface area contributed by atoms with Gasteiger partial charge < -0.3 is 18.9 Å². The van der Waals surface area contributed by atoms with Gasteiger partial charge in [-0.15, -0.1) is 10.2 Å². The number of hydrogen-bond acceptors (Lipinski definition) is 5. The first kappa shape index (κ1) is 24.1. The lowest BCUT2D eigenvalue weighted by Gasteiger charge is -2.42. The normalized spacial score (nSPS) is 20.8. The fraction of sp³-hybridized carbons (Fsp3) is 0.444. The van der Waals surface area contributed by atoms with E-state index >= 15 is 0 Å². The van der Waals surface area contributed by atoms with E-state index in [9.17, 15) is 18.0 Å². The molecule has 3 aromatic rings. The number of carbonyl (C=O) groups is 1. The minimum absolute atomic E-state index is 0.0276. The van der Waals surface area contributed by atoms with Gasteiger partial charge in [0.15, 0.2) is 0 Å². The first-order valence-corrected chi connectivity index (χ1v) is 12.4. The van der Waals surface area contributed by atoms with Gasteiger partial charge in [0.1, 0.15) is 12.2 Å². The average Bonchev–Trinajstić information content (AvgIpc) is 3.57. The zero-order chi connectivity index (χ0) is 25.8. The second-order valence-electron chi connectivity index (χ2n) is 10.3. The Morgan fingerprint density at radius 3 is 2.68 bits per heavy atom. The average molecular weight is 513 g/mol. The highest BCUT2D eigenvalue weighted by atomic mass is 19.4. The highest BCUT2D eigenvalue weighted by Gasteiger charge is 2.43. The topological polar surface area (TPSA) is 69.5 Å². The van der Waals surface area contributed by atoms with Crippen LogP contribution in [-0.4, -0.2) is 46.6 Å². The zero-order valence-corrected chi connectivity index (χ0v) is 20.4. The number of aryl methyl sites for hydroxylation is 1. The molecule has 0 aliphatic carbocycles. The Balaban J connectivity index is 1.32. The molecule has 1 aromatic heterocycles. The van der Waals surface area contributed by atoms with Crippen molar-refractivity contribution in [2.24, 2.45) is 7.05 Å². The van der Waals surface area contributed by atoms with Gasteiger partial charge >= 0.3 is 6.18 Å². The number of alkyl halides is 3. The van der Waals surface area contributed by atoms with Crippen LogP contribution >= 0.6 is 0 Å². The number of fused-ring (bicyclic) bond motifs is 1. The summed E-state index contributed by atoms with van der Waals surface area (Å²) in [4.78, 5) is 14.9. The fourth-order valence-electron chi connectivity index (χ4n) is 5.61. The van der Waals surface area contributed by atoms with Crippen LogP contribution in [0.4, 0.5) is 18.9 Å². The lowest BCUT2D eigenvalue weighted by atomic mass is 9.75. The van der Waals surface area contributed by atoms with E-state index in [0.29, 0.717) is 43.9 Å². The summed E-state index contributed by atoms with van der Waals surface area (Å²) in [6.45, 7) is 1.47. The van der Waals surface area contributed by atoms with Gasteiger partial charge in [0.25, 0.3) is 5.91 Å². The van der Waals surface area contributed by atoms with Crippen molar-refractivity contribution >= 4 is 11.6 Å². The molecule has 7 nitrogen and oxygen atoms in total. The Bertz CT molecular complexity index is 1340. The maximum absolute atomic E-state index is 14.1. The van der Waals surface area contributed by atoms with Crippen LogP contribution in [0.25, 0.3) is 0 Å². The van der Waals surface area contributed by atoms with Crippen LogP contribution in [-0.2, 0) is 47.5 Å². The predicted molar refractivity (Wildman–Crippen MR) is 128 cm³/mol. The van der Waals surface area contributed by atoms with E-state index in [4.69, 9.17) is 9.47 Å². The van der Waals surface area contributed by atoms with Crippen molar-refractivity contribution < 1.29 is 27.4 Å². The number of rotatable bonds is 6. The number of hydrogen-bond donors (Lipinski definition) is 0. The molecule has 3 aliphatic heterocycles. The smallest absolute Gasteiger partial charge is 0.379 e. The maximum atomic E-state index is 14.1. The fourth-order valence-corrected chi connectivity index (χ4v) is 5.61. The van der Waals surface area contributed by atoms with Crippen molar-refractivity contribution in [2.45, 2.75) is 49.9 Å². The molecule has 3 aliphatic rings. The first-order valence-electron chi connectivity index (χ1n) is 12.4. The molecule has 0 radical (unpaired) electrons. The molecule has 0 N–H and O–H groups in total. The van der Waals surface area contributed by atoms with Crippen molar-refractivity contribution in [1.82, 2.24) is 14.8 Å². The van der Waals surface area contributed by atoms with Crippen molar-refractivity contribution in [2.75, 3.05) is 24.7 Å². The molecule has 10 heteroatoms. The molecule has 4 heterocycles. The van der Waals surface area contributed by atoms with Gasteiger partial charge in [-0.25, -0.2) is 0 Å². The van der Waals surface area contributed by atoms with Gasteiger partial charge in [-0.05, 0) is 60.2 Å². The summed E-state index contributed by atoms with van der Waals surface area (Å²) in [6, 6.07) is 10.3. The van der Waals surface area contributed by atoms with Crippen LogP contribution in [0.1, 0.15) is 51.3 Å². The minimum atomic E-state index is -4.56. The summed E-state index contributed by atoms with van der Waals surface area (Å²) in [5.74, 6) is 0.394. The van der Waals surface area contributed by atoms with Gasteiger partial charge in [-0.3, -0.25) is 4.79 Å². The van der Waals surface area contributed by atoms with Gasteiger partial charge in [0, 0.05) is 36.7 Å². The van der Waals surface area contributed by atoms with Crippen LogP contribution in [0.2, 0.25) is 0 Å². The van der Waals surface area contributed by atoms with E-state index < -0.39 is 17.6 Å². The second kappa shape index (κ2) is 8.95. The summed E-state index contributed by atoms with van der Waals surface area (Å²) in [7, 11) is 1.88. The van der Waals surface area contributed by atoms with Gasteiger partial charge in [-0.1, -0.05) is 12.1 Å². The number of carbonyl (C=O) groups excluding carboxylic acids is 1. The molecule has 37 heavy (non-hydrogen) atoms. The standard InChI is InChI=1S/C27H27F3N4O3/c1-33-16-31-32-24(33)12-26(14-36-15-26)18-4-2-5-19(11-18)34-13-22-21(25(34)35)9-17(8-20-6-3-7-37-20)10-23(22)27(28,29)30/h2,4-5,9-11,16,20H,3,6-8,12-15H2,1H3. The van der Waals surface area contributed by atoms with Crippen LogP contribution in [0.15, 0.2) is 42.7 Å². The number of nitrogens with zero attached hydrogens (tertiary/aromatic N) is 4. The van der Waals surface area contributed by atoms with Crippen molar-refractivity contribution in [1.29, 1.82) is 0 Å². The lowest BCUT2D eigenvalue weighted by molar-refractivity contribution is -0.138. The van der Waals surface area contributed by atoms with Crippen molar-refractivity contribution in [3.63, 3.8) is 0 Å². The van der Waals surface area contributed by atoms with Crippen molar-refractivity contribution in [3.8, 4) is 0 Å². The molecule has 194 valence electrons. The molecular formula is C27H27F3N4O3. The summed E-state index contributed by atoms with van der Waals surface area (Å²) >= 11 is 0. The number of anilines is 1. The Hall–Kier alpha value is -3.24. The highest BCUT2D eigenvalue weighted by molar-refractivity contribution is 6.10. The molecule has 0 bridgehead atoms. The quantitative estimate of drug-likeness (QED) is 0.495. The van der Waals surface area contributed by atoms with Gasteiger partial charge in [-0.2, -0.15) is 13.2 Å². The van der Waals surface area contributed by atoms with E-state index in [1.807, 2.05) is 29.8 Å². The number of ether oxygens (including phenoxy) is 2. The van der Waals surface area contributed by atoms with Gasteiger partial charge in [0.05, 0.1) is 31.4 Å². The van der Waals surface area contributed by atoms with Crippen LogP contribution in [0.3, 0.4) is 0 Å². The Kier molecular flexibility index (Phi) is 5.83. The van der Waals surface area contributed by atoms with Crippen molar-refractivity contribution in [3.05, 3.63) is 76.4 Å². The van der Waals surface area contributed by atoms with Crippen LogP contribution < -0.4 is 4.90 Å². The third-order valence-electron chi connectivity index (χ3n) is 7.72. The molecule has 0 saturated carbocycles. The number of aromatic nitrogens is 3. The van der Waals surface area contributed by atoms with Gasteiger partial charge in [0.2, 0.25) is 0 Å². The second-order valence-corrected chi connectivity index (χ2v) is 10.3. The summed E-state index contributed by atoms with van der Waals surface area (Å²) < 4.78 is 55.3. The molecule has 1 amide bonds. The maximum Gasteiger partial charge on any atom is 0.416 e. The largest absolute Gasteiger partial charge is 0.416 e. The predicted octanol–water partition coefficient (Wildman–Crippen LogP) is 4.23. The van der Waals surface area contributed by atoms with E-state index in [2.05, 4.69) is 10.2 Å². The molecular weight excluding hydrogens is 485 g/mol. The van der Waals surface area contributed by atoms with E-state index in [0.717, 1.165) is 24.2 Å². The number of halogens is 3. The highest BCUT2D eigenvalue weighted by Crippen LogP contribution is 2.42. The van der Waals surface area contributed by atoms with E-state index in [1.165, 1.54) is 11.0 Å². The monoisotopic (exact) mass is 512 g/mol. The molecule has 2 aromatic carbocycles.